The van der Waals surface area contributed by atoms with Crippen molar-refractivity contribution in [3.63, 3.8) is 0 Å². The summed E-state index contributed by atoms with van der Waals surface area (Å²) in [6.45, 7) is 2.70. The third-order valence-corrected chi connectivity index (χ3v) is 11.1. The van der Waals surface area contributed by atoms with E-state index in [4.69, 9.17) is 5.73 Å². The molecule has 6 aromatic rings. The van der Waals surface area contributed by atoms with Crippen LogP contribution in [-0.4, -0.2) is 46.0 Å². The molecule has 6 amide bonds. The maximum Gasteiger partial charge on any atom is 0.316 e. The Hall–Kier alpha value is -5.83. The van der Waals surface area contributed by atoms with E-state index in [1.165, 1.54) is 54.7 Å². The summed E-state index contributed by atoms with van der Waals surface area (Å²) in [4.78, 5) is 69.6. The van der Waals surface area contributed by atoms with Gasteiger partial charge in [-0.15, -0.1) is 0 Å². The molecule has 0 unspecified atom stereocenters. The Bertz CT molecular complexity index is 2350. The van der Waals surface area contributed by atoms with Crippen molar-refractivity contribution in [2.45, 2.75) is 77.7 Å². The van der Waals surface area contributed by atoms with Crippen LogP contribution in [0.4, 0.5) is 10.5 Å². The minimum atomic E-state index is -0.679. The maximum absolute atomic E-state index is 14.0. The van der Waals surface area contributed by atoms with Crippen LogP contribution >= 0.6 is 0 Å². The van der Waals surface area contributed by atoms with Gasteiger partial charge in [-0.2, -0.15) is 0 Å². The molecule has 6 aromatic carbocycles. The molecule has 9 heteroatoms. The number of hydrogen-bond donors (Lipinski definition) is 2. The van der Waals surface area contributed by atoms with Gasteiger partial charge in [0.05, 0.1) is 6.54 Å². The summed E-state index contributed by atoms with van der Waals surface area (Å²) in [5.41, 5.74) is 8.38. The van der Waals surface area contributed by atoms with Crippen molar-refractivity contribution in [2.75, 3.05) is 11.9 Å². The molecular formula is C44H42N4O5. The van der Waals surface area contributed by atoms with E-state index in [0.29, 0.717) is 45.3 Å². The summed E-state index contributed by atoms with van der Waals surface area (Å²) in [5.74, 6) is -1.29. The Morgan fingerprint density at radius 2 is 0.906 bits per heavy atom. The average molecular weight is 707 g/mol. The summed E-state index contributed by atoms with van der Waals surface area (Å²) in [6, 6.07) is 21.1. The highest BCUT2D eigenvalue weighted by Gasteiger charge is 2.36. The van der Waals surface area contributed by atoms with Crippen LogP contribution in [-0.2, 0) is 6.54 Å². The van der Waals surface area contributed by atoms with E-state index in [-0.39, 0.29) is 30.2 Å². The second kappa shape index (κ2) is 14.0. The standard InChI is InChI=1S/C44H42N4O5/c1-2-3-4-5-6-7-8-9-10-11-24-47-40(49)32-20-16-28-30-18-22-34-39-35(23-19-31(37(30)39)29-17-21-33(41(47)50)38(32)36(28)29)43(52)48(42(34)51)25-26-12-14-27(15-13-26)46-44(45)53/h12-23H,2-11,24-25H2,1H3,(H3,45,46,53). The molecule has 2 aliphatic rings. The van der Waals surface area contributed by atoms with Crippen LogP contribution < -0.4 is 11.1 Å². The first-order valence-corrected chi connectivity index (χ1v) is 18.9. The molecule has 0 saturated carbocycles. The van der Waals surface area contributed by atoms with Gasteiger partial charge in [-0.1, -0.05) is 101 Å². The molecule has 2 heterocycles. The summed E-state index contributed by atoms with van der Waals surface area (Å²) in [6.07, 6.45) is 11.8. The van der Waals surface area contributed by atoms with Gasteiger partial charge in [0, 0.05) is 45.3 Å². The smallest absolute Gasteiger partial charge is 0.316 e. The number of nitrogens with one attached hydrogen (secondary N) is 1. The lowest BCUT2D eigenvalue weighted by Crippen LogP contribution is -2.40. The number of fused-ring (bicyclic) bond motifs is 2. The molecule has 0 spiro atoms. The quantitative estimate of drug-likeness (QED) is 0.0504. The first kappa shape index (κ1) is 34.3. The molecule has 0 bridgehead atoms. The zero-order valence-corrected chi connectivity index (χ0v) is 29.9. The lowest BCUT2D eigenvalue weighted by molar-refractivity contribution is 0.0587. The largest absolute Gasteiger partial charge is 0.351 e. The first-order valence-electron chi connectivity index (χ1n) is 18.9. The highest BCUT2D eigenvalue weighted by Crippen LogP contribution is 2.46. The number of carbonyl (C=O) groups is 5. The summed E-state index contributed by atoms with van der Waals surface area (Å²) in [5, 5.41) is 8.91. The molecule has 268 valence electrons. The number of imide groups is 2. The fourth-order valence-electron chi connectivity index (χ4n) is 8.49. The SMILES string of the molecule is CCCCCCCCCCCCN1C(=O)c2ccc3c4ccc5c6c(ccc(c7ccc(c2c37)C1=O)c64)C(=O)N(Cc1ccc(NC(N)=O)cc1)C5=O. The van der Waals surface area contributed by atoms with Crippen LogP contribution in [0.15, 0.2) is 72.8 Å². The number of urea groups is 1. The molecule has 8 rings (SSSR count). The molecule has 2 aliphatic heterocycles. The maximum atomic E-state index is 14.0. The fraction of sp³-hybridized carbons (Fsp3) is 0.295. The van der Waals surface area contributed by atoms with Crippen LogP contribution in [0.3, 0.4) is 0 Å². The molecule has 9 nitrogen and oxygen atoms in total. The number of unbranched alkanes of at least 4 members (excludes halogenated alkanes) is 9. The number of rotatable bonds is 14. The lowest BCUT2D eigenvalue weighted by atomic mass is 9.82. The van der Waals surface area contributed by atoms with Crippen LogP contribution in [0, 0.1) is 0 Å². The minimum absolute atomic E-state index is 0.0604. The molecule has 53 heavy (non-hydrogen) atoms. The molecule has 3 N–H and O–H groups in total. The summed E-state index contributed by atoms with van der Waals surface area (Å²) in [7, 11) is 0. The fourth-order valence-corrected chi connectivity index (χ4v) is 8.49. The number of primary amides is 1. The van der Waals surface area contributed by atoms with Gasteiger partial charge in [0.15, 0.2) is 0 Å². The van der Waals surface area contributed by atoms with Crippen molar-refractivity contribution in [3.8, 4) is 0 Å². The third-order valence-electron chi connectivity index (χ3n) is 11.1. The van der Waals surface area contributed by atoms with Crippen LogP contribution in [0.2, 0.25) is 0 Å². The molecule has 0 aromatic heterocycles. The van der Waals surface area contributed by atoms with Gasteiger partial charge in [-0.25, -0.2) is 4.79 Å². The number of hydrogen-bond acceptors (Lipinski definition) is 5. The zero-order valence-electron chi connectivity index (χ0n) is 29.9. The van der Waals surface area contributed by atoms with Gasteiger partial charge in [-0.05, 0) is 80.7 Å². The summed E-state index contributed by atoms with van der Waals surface area (Å²) >= 11 is 0. The Labute approximate surface area is 307 Å². The number of benzene rings is 6. The number of anilines is 1. The minimum Gasteiger partial charge on any atom is -0.351 e. The zero-order chi connectivity index (χ0) is 36.8. The van der Waals surface area contributed by atoms with Crippen molar-refractivity contribution in [3.05, 3.63) is 101 Å². The Balaban J connectivity index is 1.09. The molecule has 0 fully saturated rings. The highest BCUT2D eigenvalue weighted by molar-refractivity contribution is 6.41. The van der Waals surface area contributed by atoms with Crippen molar-refractivity contribution >= 4 is 78.4 Å². The van der Waals surface area contributed by atoms with Crippen molar-refractivity contribution in [1.82, 2.24) is 9.80 Å². The first-order chi connectivity index (χ1) is 25.8. The molecular weight excluding hydrogens is 665 g/mol. The molecule has 0 aliphatic carbocycles. The van der Waals surface area contributed by atoms with Gasteiger partial charge in [0.1, 0.15) is 0 Å². The number of carbonyl (C=O) groups excluding carboxylic acids is 5. The van der Waals surface area contributed by atoms with Gasteiger partial charge < -0.3 is 11.1 Å². The van der Waals surface area contributed by atoms with E-state index in [9.17, 15) is 24.0 Å². The third kappa shape index (κ3) is 5.84. The predicted octanol–water partition coefficient (Wildman–Crippen LogP) is 9.54. The van der Waals surface area contributed by atoms with Crippen LogP contribution in [0.25, 0.3) is 43.1 Å². The second-order valence-corrected chi connectivity index (χ2v) is 14.5. The Morgan fingerprint density at radius 3 is 1.32 bits per heavy atom. The molecule has 0 radical (unpaired) electrons. The van der Waals surface area contributed by atoms with E-state index in [1.54, 1.807) is 36.4 Å². The second-order valence-electron chi connectivity index (χ2n) is 14.5. The number of nitrogens with zero attached hydrogens (tertiary/aromatic N) is 2. The summed E-state index contributed by atoms with van der Waals surface area (Å²) < 4.78 is 0. The molecule has 0 atom stereocenters. The van der Waals surface area contributed by atoms with E-state index in [2.05, 4.69) is 12.2 Å². The van der Waals surface area contributed by atoms with Crippen molar-refractivity contribution in [1.29, 1.82) is 0 Å². The van der Waals surface area contributed by atoms with Gasteiger partial charge in [0.2, 0.25) is 0 Å². The monoisotopic (exact) mass is 706 g/mol. The lowest BCUT2D eigenvalue weighted by Gasteiger charge is -2.30. The number of amides is 6. The van der Waals surface area contributed by atoms with Gasteiger partial charge in [-0.3, -0.25) is 29.0 Å². The van der Waals surface area contributed by atoms with Crippen LogP contribution in [0.5, 0.6) is 0 Å². The normalized spacial score (nSPS) is 14.1. The topological polar surface area (TPSA) is 130 Å². The Kier molecular flexibility index (Phi) is 9.02. The predicted molar refractivity (Wildman–Crippen MR) is 209 cm³/mol. The molecule has 0 saturated heterocycles. The van der Waals surface area contributed by atoms with E-state index in [0.717, 1.165) is 57.1 Å². The van der Waals surface area contributed by atoms with Crippen molar-refractivity contribution in [2.24, 2.45) is 5.73 Å². The van der Waals surface area contributed by atoms with Crippen molar-refractivity contribution < 1.29 is 24.0 Å². The van der Waals surface area contributed by atoms with E-state index >= 15 is 0 Å². The van der Waals surface area contributed by atoms with Gasteiger partial charge >= 0.3 is 6.03 Å². The Morgan fingerprint density at radius 1 is 0.509 bits per heavy atom. The number of nitrogens with two attached hydrogens (primary N) is 1. The highest BCUT2D eigenvalue weighted by atomic mass is 16.2. The van der Waals surface area contributed by atoms with E-state index < -0.39 is 6.03 Å². The van der Waals surface area contributed by atoms with E-state index in [1.807, 2.05) is 36.4 Å². The van der Waals surface area contributed by atoms with Gasteiger partial charge in [0.25, 0.3) is 23.6 Å². The van der Waals surface area contributed by atoms with Crippen LogP contribution in [0.1, 0.15) is 118 Å². The average Bonchev–Trinajstić information content (AvgIpc) is 3.16.